The fraction of sp³-hybridized carbons (Fsp3) is 0.750. The van der Waals surface area contributed by atoms with E-state index in [9.17, 15) is 8.42 Å². The Balaban J connectivity index is 2.49. The molecule has 1 saturated heterocycles. The van der Waals surface area contributed by atoms with Gasteiger partial charge in [0.25, 0.3) is 9.05 Å². The summed E-state index contributed by atoms with van der Waals surface area (Å²) in [5.74, 6) is 0.326. The minimum atomic E-state index is -3.47. The minimum absolute atomic E-state index is 0.326. The van der Waals surface area contributed by atoms with Crippen LogP contribution in [-0.2, 0) is 9.05 Å². The van der Waals surface area contributed by atoms with Gasteiger partial charge in [0, 0.05) is 22.6 Å². The van der Waals surface area contributed by atoms with Gasteiger partial charge < -0.3 is 4.90 Å². The fourth-order valence-electron chi connectivity index (χ4n) is 1.57. The summed E-state index contributed by atoms with van der Waals surface area (Å²) in [6.45, 7) is 2.01. The molecule has 0 aromatic rings. The second kappa shape index (κ2) is 4.44. The molecule has 0 bridgehead atoms. The Bertz CT molecular complexity index is 287. The van der Waals surface area contributed by atoms with E-state index in [4.69, 9.17) is 10.7 Å². The van der Waals surface area contributed by atoms with Gasteiger partial charge in [-0.25, -0.2) is 8.42 Å². The van der Waals surface area contributed by atoms with E-state index in [-0.39, 0.29) is 0 Å². The molecule has 5 heteroatoms. The van der Waals surface area contributed by atoms with Gasteiger partial charge in [-0.05, 0) is 32.4 Å². The van der Waals surface area contributed by atoms with Crippen LogP contribution in [0.4, 0.5) is 0 Å². The lowest BCUT2D eigenvalue weighted by molar-refractivity contribution is 0.237. The third-order valence-electron chi connectivity index (χ3n) is 2.17. The van der Waals surface area contributed by atoms with Crippen LogP contribution in [-0.4, -0.2) is 33.5 Å². The molecule has 0 N–H and O–H groups in total. The molecule has 0 radical (unpaired) electrons. The molecular weight excluding hydrogens is 210 g/mol. The van der Waals surface area contributed by atoms with Crippen molar-refractivity contribution < 1.29 is 8.42 Å². The lowest BCUT2D eigenvalue weighted by Crippen LogP contribution is -2.31. The number of hydrogen-bond donors (Lipinski definition) is 0. The Morgan fingerprint density at radius 1 is 1.54 bits per heavy atom. The standard InChI is InChI=1S/C8H14ClNO2S/c1-10-5-2-3-8(7-10)4-6-13(9,11)12/h4,6,8H,2-3,5,7H2,1H3/b6-4-. The van der Waals surface area contributed by atoms with Gasteiger partial charge in [-0.15, -0.1) is 0 Å². The molecule has 13 heavy (non-hydrogen) atoms. The maximum atomic E-state index is 10.6. The van der Waals surface area contributed by atoms with Crippen LogP contribution in [0.15, 0.2) is 11.5 Å². The average molecular weight is 224 g/mol. The quantitative estimate of drug-likeness (QED) is 0.665. The Morgan fingerprint density at radius 2 is 2.23 bits per heavy atom. The Labute approximate surface area is 83.8 Å². The van der Waals surface area contributed by atoms with E-state index in [1.54, 1.807) is 6.08 Å². The lowest BCUT2D eigenvalue weighted by Gasteiger charge is -2.27. The number of halogens is 1. The molecular formula is C8H14ClNO2S. The van der Waals surface area contributed by atoms with E-state index in [2.05, 4.69) is 4.90 Å². The van der Waals surface area contributed by atoms with Gasteiger partial charge in [-0.2, -0.15) is 0 Å². The normalized spacial score (nSPS) is 26.8. The number of nitrogens with zero attached hydrogens (tertiary/aromatic N) is 1. The highest BCUT2D eigenvalue weighted by Crippen LogP contribution is 2.17. The molecule has 1 atom stereocenters. The third kappa shape index (κ3) is 4.64. The monoisotopic (exact) mass is 223 g/mol. The molecule has 0 aromatic heterocycles. The molecule has 76 valence electrons. The van der Waals surface area contributed by atoms with Crippen molar-refractivity contribution in [3.8, 4) is 0 Å². The van der Waals surface area contributed by atoms with E-state index in [0.29, 0.717) is 5.92 Å². The number of rotatable bonds is 2. The fourth-order valence-corrected chi connectivity index (χ4v) is 2.16. The van der Waals surface area contributed by atoms with E-state index in [1.165, 1.54) is 0 Å². The van der Waals surface area contributed by atoms with Gasteiger partial charge in [-0.3, -0.25) is 0 Å². The third-order valence-corrected chi connectivity index (χ3v) is 2.97. The predicted molar refractivity (Wildman–Crippen MR) is 54.1 cm³/mol. The van der Waals surface area contributed by atoms with Crippen LogP contribution in [0.3, 0.4) is 0 Å². The van der Waals surface area contributed by atoms with Gasteiger partial charge in [0.15, 0.2) is 0 Å². The second-order valence-electron chi connectivity index (χ2n) is 3.47. The second-order valence-corrected chi connectivity index (χ2v) is 5.98. The molecule has 1 heterocycles. The summed E-state index contributed by atoms with van der Waals surface area (Å²) >= 11 is 0. The minimum Gasteiger partial charge on any atom is -0.306 e. The maximum Gasteiger partial charge on any atom is 0.254 e. The van der Waals surface area contributed by atoms with Crippen LogP contribution in [0, 0.1) is 5.92 Å². The van der Waals surface area contributed by atoms with Crippen LogP contribution in [0.2, 0.25) is 0 Å². The molecule has 1 rings (SSSR count). The molecule has 1 unspecified atom stereocenters. The summed E-state index contributed by atoms with van der Waals surface area (Å²) < 4.78 is 21.2. The molecule has 1 aliphatic heterocycles. The first-order chi connectivity index (χ1) is 5.97. The SMILES string of the molecule is CN1CCCC(/C=C\S(=O)(=O)Cl)C1. The van der Waals surface area contributed by atoms with Crippen LogP contribution < -0.4 is 0 Å². The van der Waals surface area contributed by atoms with Gasteiger partial charge in [0.2, 0.25) is 0 Å². The van der Waals surface area contributed by atoms with Crippen LogP contribution in [0.1, 0.15) is 12.8 Å². The Morgan fingerprint density at radius 3 is 2.77 bits per heavy atom. The van der Waals surface area contributed by atoms with Crippen molar-refractivity contribution in [2.45, 2.75) is 12.8 Å². The van der Waals surface area contributed by atoms with Crippen LogP contribution in [0.5, 0.6) is 0 Å². The van der Waals surface area contributed by atoms with Gasteiger partial charge in [-0.1, -0.05) is 6.08 Å². The number of likely N-dealkylation sites (tertiary alicyclic amines) is 1. The highest BCUT2D eigenvalue weighted by atomic mass is 35.7. The molecule has 0 spiro atoms. The van der Waals surface area contributed by atoms with E-state index in [1.807, 2.05) is 7.05 Å². The average Bonchev–Trinajstić information content (AvgIpc) is 2.00. The molecule has 0 aromatic carbocycles. The summed E-state index contributed by atoms with van der Waals surface area (Å²) in [7, 11) is 3.63. The Kier molecular flexibility index (Phi) is 3.76. The predicted octanol–water partition coefficient (Wildman–Crippen LogP) is 1.41. The van der Waals surface area contributed by atoms with E-state index >= 15 is 0 Å². The molecule has 3 nitrogen and oxygen atoms in total. The largest absolute Gasteiger partial charge is 0.306 e. The number of hydrogen-bond acceptors (Lipinski definition) is 3. The molecule has 1 fully saturated rings. The maximum absolute atomic E-state index is 10.6. The summed E-state index contributed by atoms with van der Waals surface area (Å²) in [5, 5.41) is 1.10. The smallest absolute Gasteiger partial charge is 0.254 e. The molecule has 0 aliphatic carbocycles. The zero-order valence-corrected chi connectivity index (χ0v) is 9.18. The Hall–Kier alpha value is -0.0600. The van der Waals surface area contributed by atoms with E-state index in [0.717, 1.165) is 31.3 Å². The van der Waals surface area contributed by atoms with E-state index < -0.39 is 9.05 Å². The first-order valence-corrected chi connectivity index (χ1v) is 6.66. The van der Waals surface area contributed by atoms with Crippen molar-refractivity contribution in [3.63, 3.8) is 0 Å². The highest BCUT2D eigenvalue weighted by molar-refractivity contribution is 8.16. The molecule has 0 saturated carbocycles. The first kappa shape index (κ1) is 11.0. The zero-order chi connectivity index (χ0) is 9.90. The molecule has 1 aliphatic rings. The summed E-state index contributed by atoms with van der Waals surface area (Å²) in [4.78, 5) is 2.19. The van der Waals surface area contributed by atoms with Gasteiger partial charge >= 0.3 is 0 Å². The molecule has 0 amide bonds. The van der Waals surface area contributed by atoms with Crippen molar-refractivity contribution >= 4 is 19.7 Å². The van der Waals surface area contributed by atoms with Crippen molar-refractivity contribution in [1.82, 2.24) is 4.90 Å². The number of piperidine rings is 1. The topological polar surface area (TPSA) is 37.4 Å². The van der Waals surface area contributed by atoms with Crippen LogP contribution >= 0.6 is 10.7 Å². The van der Waals surface area contributed by atoms with Crippen molar-refractivity contribution in [2.75, 3.05) is 20.1 Å². The first-order valence-electron chi connectivity index (χ1n) is 4.29. The van der Waals surface area contributed by atoms with Crippen molar-refractivity contribution in [1.29, 1.82) is 0 Å². The summed E-state index contributed by atoms with van der Waals surface area (Å²) in [6.07, 6.45) is 3.86. The van der Waals surface area contributed by atoms with Gasteiger partial charge in [0.1, 0.15) is 0 Å². The van der Waals surface area contributed by atoms with Crippen molar-refractivity contribution in [2.24, 2.45) is 5.92 Å². The zero-order valence-electron chi connectivity index (χ0n) is 7.61. The summed E-state index contributed by atoms with van der Waals surface area (Å²) in [5.41, 5.74) is 0. The van der Waals surface area contributed by atoms with Crippen molar-refractivity contribution in [3.05, 3.63) is 11.5 Å². The van der Waals surface area contributed by atoms with Gasteiger partial charge in [0.05, 0.1) is 0 Å². The summed E-state index contributed by atoms with van der Waals surface area (Å²) in [6, 6.07) is 0. The highest BCUT2D eigenvalue weighted by Gasteiger charge is 2.14. The van der Waals surface area contributed by atoms with Crippen LogP contribution in [0.25, 0.3) is 0 Å². The lowest BCUT2D eigenvalue weighted by atomic mass is 9.99.